The Morgan fingerprint density at radius 3 is 2.28 bits per heavy atom. The SMILES string of the molecule is COc1cc(F)c(S(=O)(=O)Nc2ccc(-n3ccc(C(N)=O)n3)cc2)cc1OC. The van der Waals surface area contributed by atoms with E-state index in [1.165, 1.54) is 43.3 Å². The Hall–Kier alpha value is -3.60. The van der Waals surface area contributed by atoms with Gasteiger partial charge in [0.05, 0.1) is 19.9 Å². The summed E-state index contributed by atoms with van der Waals surface area (Å²) >= 11 is 0. The minimum Gasteiger partial charge on any atom is -0.493 e. The summed E-state index contributed by atoms with van der Waals surface area (Å²) in [5.41, 5.74) is 6.03. The molecule has 0 aliphatic carbocycles. The van der Waals surface area contributed by atoms with Crippen molar-refractivity contribution in [2.45, 2.75) is 4.90 Å². The molecular formula is C18H17FN4O5S. The highest BCUT2D eigenvalue weighted by atomic mass is 32.2. The number of rotatable bonds is 7. The van der Waals surface area contributed by atoms with Crippen LogP contribution in [0.1, 0.15) is 10.5 Å². The lowest BCUT2D eigenvalue weighted by Gasteiger charge is -2.13. The summed E-state index contributed by atoms with van der Waals surface area (Å²) in [7, 11) is -1.60. The molecule has 0 saturated carbocycles. The lowest BCUT2D eigenvalue weighted by molar-refractivity contribution is 0.0995. The molecule has 0 aliphatic rings. The molecular weight excluding hydrogens is 403 g/mol. The average Bonchev–Trinajstić information content (AvgIpc) is 3.18. The van der Waals surface area contributed by atoms with Gasteiger partial charge in [-0.1, -0.05) is 0 Å². The number of amides is 1. The summed E-state index contributed by atoms with van der Waals surface area (Å²) in [5.74, 6) is -1.50. The van der Waals surface area contributed by atoms with Crippen LogP contribution in [0.5, 0.6) is 11.5 Å². The first-order valence-corrected chi connectivity index (χ1v) is 9.63. The smallest absolute Gasteiger partial charge is 0.269 e. The molecule has 0 radical (unpaired) electrons. The number of nitrogens with zero attached hydrogens (tertiary/aromatic N) is 2. The standard InChI is InChI=1S/C18H17FN4O5S/c1-27-15-9-13(19)17(10-16(15)28-2)29(25,26)22-11-3-5-12(6-4-11)23-8-7-14(21-23)18(20)24/h3-10,22H,1-2H3,(H2,20,24). The lowest BCUT2D eigenvalue weighted by atomic mass is 10.3. The van der Waals surface area contributed by atoms with Crippen molar-refractivity contribution in [2.75, 3.05) is 18.9 Å². The molecule has 11 heteroatoms. The normalized spacial score (nSPS) is 11.1. The fraction of sp³-hybridized carbons (Fsp3) is 0.111. The molecule has 29 heavy (non-hydrogen) atoms. The second kappa shape index (κ2) is 7.80. The summed E-state index contributed by atoms with van der Waals surface area (Å²) in [5, 5.41) is 4.01. The fourth-order valence-corrected chi connectivity index (χ4v) is 3.67. The monoisotopic (exact) mass is 420 g/mol. The molecule has 1 amide bonds. The van der Waals surface area contributed by atoms with Crippen LogP contribution in [0, 0.1) is 5.82 Å². The molecule has 1 heterocycles. The quantitative estimate of drug-likeness (QED) is 0.602. The molecule has 3 N–H and O–H groups in total. The maximum Gasteiger partial charge on any atom is 0.269 e. The number of benzene rings is 2. The van der Waals surface area contributed by atoms with Crippen molar-refractivity contribution in [1.82, 2.24) is 9.78 Å². The van der Waals surface area contributed by atoms with Gasteiger partial charge >= 0.3 is 0 Å². The zero-order valence-electron chi connectivity index (χ0n) is 15.4. The Morgan fingerprint density at radius 1 is 1.10 bits per heavy atom. The molecule has 0 saturated heterocycles. The van der Waals surface area contributed by atoms with Gasteiger partial charge in [0, 0.05) is 24.0 Å². The van der Waals surface area contributed by atoms with Crippen LogP contribution in [0.3, 0.4) is 0 Å². The van der Waals surface area contributed by atoms with E-state index in [-0.39, 0.29) is 22.9 Å². The third-order valence-electron chi connectivity index (χ3n) is 3.95. The van der Waals surface area contributed by atoms with Crippen LogP contribution in [-0.2, 0) is 10.0 Å². The molecule has 0 bridgehead atoms. The molecule has 2 aromatic carbocycles. The minimum absolute atomic E-state index is 0.0721. The van der Waals surface area contributed by atoms with Gasteiger partial charge in [-0.15, -0.1) is 0 Å². The number of anilines is 1. The predicted molar refractivity (Wildman–Crippen MR) is 102 cm³/mol. The number of sulfonamides is 1. The zero-order chi connectivity index (χ0) is 21.2. The van der Waals surface area contributed by atoms with Gasteiger partial charge in [0.25, 0.3) is 15.9 Å². The van der Waals surface area contributed by atoms with E-state index in [4.69, 9.17) is 15.2 Å². The number of carbonyl (C=O) groups excluding carboxylic acids is 1. The van der Waals surface area contributed by atoms with Crippen LogP contribution in [0.4, 0.5) is 10.1 Å². The molecule has 0 fully saturated rings. The molecule has 152 valence electrons. The molecule has 3 aromatic rings. The largest absolute Gasteiger partial charge is 0.493 e. The van der Waals surface area contributed by atoms with Crippen LogP contribution in [0.25, 0.3) is 5.69 Å². The second-order valence-electron chi connectivity index (χ2n) is 5.80. The van der Waals surface area contributed by atoms with Crippen LogP contribution < -0.4 is 19.9 Å². The van der Waals surface area contributed by atoms with Crippen LogP contribution >= 0.6 is 0 Å². The van der Waals surface area contributed by atoms with E-state index in [1.54, 1.807) is 12.1 Å². The molecule has 0 unspecified atom stereocenters. The van der Waals surface area contributed by atoms with Crippen molar-refractivity contribution in [1.29, 1.82) is 0 Å². The highest BCUT2D eigenvalue weighted by Gasteiger charge is 2.23. The summed E-state index contributed by atoms with van der Waals surface area (Å²) in [6.45, 7) is 0. The number of ether oxygens (including phenoxy) is 2. The Kier molecular flexibility index (Phi) is 5.41. The summed E-state index contributed by atoms with van der Waals surface area (Å²) in [4.78, 5) is 10.5. The van der Waals surface area contributed by atoms with Gasteiger partial charge in [-0.05, 0) is 30.3 Å². The Labute approximate surface area is 165 Å². The first-order valence-electron chi connectivity index (χ1n) is 8.15. The van der Waals surface area contributed by atoms with Gasteiger partial charge in [0.15, 0.2) is 11.5 Å². The highest BCUT2D eigenvalue weighted by Crippen LogP contribution is 2.32. The highest BCUT2D eigenvalue weighted by molar-refractivity contribution is 7.92. The Balaban J connectivity index is 1.86. The molecule has 9 nitrogen and oxygen atoms in total. The summed E-state index contributed by atoms with van der Waals surface area (Å²) in [6.07, 6.45) is 1.54. The maximum absolute atomic E-state index is 14.3. The number of nitrogens with two attached hydrogens (primary N) is 1. The van der Waals surface area contributed by atoms with Crippen molar-refractivity contribution in [3.8, 4) is 17.2 Å². The van der Waals surface area contributed by atoms with Crippen molar-refractivity contribution in [3.63, 3.8) is 0 Å². The minimum atomic E-state index is -4.23. The first-order chi connectivity index (χ1) is 13.7. The number of aromatic nitrogens is 2. The summed E-state index contributed by atoms with van der Waals surface area (Å²) in [6, 6.07) is 9.51. The van der Waals surface area contributed by atoms with E-state index >= 15 is 0 Å². The Bertz CT molecular complexity index is 1160. The van der Waals surface area contributed by atoms with Gasteiger partial charge in [-0.2, -0.15) is 5.10 Å². The van der Waals surface area contributed by atoms with E-state index in [2.05, 4.69) is 9.82 Å². The first kappa shape index (κ1) is 20.1. The third kappa shape index (κ3) is 4.14. The van der Waals surface area contributed by atoms with Crippen molar-refractivity contribution in [3.05, 3.63) is 60.2 Å². The van der Waals surface area contributed by atoms with Crippen LogP contribution in [-0.4, -0.2) is 38.3 Å². The van der Waals surface area contributed by atoms with Crippen molar-refractivity contribution in [2.24, 2.45) is 5.73 Å². The van der Waals surface area contributed by atoms with E-state index in [0.29, 0.717) is 5.69 Å². The number of hydrogen-bond acceptors (Lipinski definition) is 6. The van der Waals surface area contributed by atoms with E-state index < -0.39 is 26.6 Å². The van der Waals surface area contributed by atoms with Gasteiger partial charge < -0.3 is 15.2 Å². The maximum atomic E-state index is 14.3. The van der Waals surface area contributed by atoms with Gasteiger partial charge in [-0.3, -0.25) is 9.52 Å². The van der Waals surface area contributed by atoms with Gasteiger partial charge in [0.2, 0.25) is 0 Å². The van der Waals surface area contributed by atoms with Crippen LogP contribution in [0.2, 0.25) is 0 Å². The number of hydrogen-bond donors (Lipinski definition) is 2. The van der Waals surface area contributed by atoms with Crippen molar-refractivity contribution < 1.29 is 27.1 Å². The molecule has 0 aliphatic heterocycles. The van der Waals surface area contributed by atoms with Crippen molar-refractivity contribution >= 4 is 21.6 Å². The number of halogens is 1. The average molecular weight is 420 g/mol. The zero-order valence-corrected chi connectivity index (χ0v) is 16.2. The van der Waals surface area contributed by atoms with Gasteiger partial charge in [-0.25, -0.2) is 17.5 Å². The number of carbonyl (C=O) groups is 1. The van der Waals surface area contributed by atoms with Crippen LogP contribution in [0.15, 0.2) is 53.6 Å². The Morgan fingerprint density at radius 2 is 1.72 bits per heavy atom. The molecule has 1 aromatic heterocycles. The van der Waals surface area contributed by atoms with E-state index in [0.717, 1.165) is 12.1 Å². The third-order valence-corrected chi connectivity index (χ3v) is 5.35. The fourth-order valence-electron chi connectivity index (χ4n) is 2.53. The number of nitrogens with one attached hydrogen (secondary N) is 1. The molecule has 0 spiro atoms. The second-order valence-corrected chi connectivity index (χ2v) is 7.45. The van der Waals surface area contributed by atoms with E-state index in [1.807, 2.05) is 0 Å². The molecule has 0 atom stereocenters. The van der Waals surface area contributed by atoms with Gasteiger partial charge in [0.1, 0.15) is 16.4 Å². The number of methoxy groups -OCH3 is 2. The topological polar surface area (TPSA) is 126 Å². The lowest BCUT2D eigenvalue weighted by Crippen LogP contribution is -2.15. The number of primary amides is 1. The molecule has 3 rings (SSSR count). The summed E-state index contributed by atoms with van der Waals surface area (Å²) < 4.78 is 53.2. The predicted octanol–water partition coefficient (Wildman–Crippen LogP) is 1.93. The van der Waals surface area contributed by atoms with E-state index in [9.17, 15) is 17.6 Å².